The first kappa shape index (κ1) is 16.2. The van der Waals surface area contributed by atoms with E-state index in [0.29, 0.717) is 5.56 Å². The van der Waals surface area contributed by atoms with E-state index in [0.717, 1.165) is 24.3 Å². The van der Waals surface area contributed by atoms with Crippen molar-refractivity contribution in [1.82, 2.24) is 0 Å². The molecule has 0 aliphatic carbocycles. The van der Waals surface area contributed by atoms with E-state index in [1.165, 1.54) is 24.3 Å². The van der Waals surface area contributed by atoms with Crippen molar-refractivity contribution in [2.75, 3.05) is 5.32 Å². The molecule has 0 unspecified atom stereocenters. The van der Waals surface area contributed by atoms with Crippen LogP contribution in [-0.4, -0.2) is 0 Å². The molecule has 7 heteroatoms. The largest absolute Gasteiger partial charge is 0.416 e. The van der Waals surface area contributed by atoms with Gasteiger partial charge in [0.15, 0.2) is 0 Å². The van der Waals surface area contributed by atoms with E-state index in [9.17, 15) is 26.3 Å². The van der Waals surface area contributed by atoms with Crippen molar-refractivity contribution in [3.63, 3.8) is 0 Å². The predicted molar refractivity (Wildman–Crippen MR) is 70.2 cm³/mol. The highest BCUT2D eigenvalue weighted by atomic mass is 19.4. The zero-order chi connectivity index (χ0) is 16.4. The van der Waals surface area contributed by atoms with Crippen molar-refractivity contribution in [2.24, 2.45) is 0 Å². The molecule has 0 radical (unpaired) electrons. The molecule has 0 saturated heterocycles. The number of rotatable bonds is 3. The average Bonchev–Trinajstić information content (AvgIpc) is 2.44. The van der Waals surface area contributed by atoms with Gasteiger partial charge < -0.3 is 5.32 Å². The molecule has 2 aromatic rings. The van der Waals surface area contributed by atoms with Crippen molar-refractivity contribution >= 4 is 5.69 Å². The van der Waals surface area contributed by atoms with Crippen molar-refractivity contribution in [3.05, 3.63) is 65.2 Å². The third-order valence-electron chi connectivity index (χ3n) is 2.97. The number of anilines is 1. The zero-order valence-corrected chi connectivity index (χ0v) is 11.1. The quantitative estimate of drug-likeness (QED) is 0.753. The fraction of sp³-hybridized carbons (Fsp3) is 0.200. The average molecular weight is 319 g/mol. The Morgan fingerprint density at radius 2 is 1.32 bits per heavy atom. The van der Waals surface area contributed by atoms with E-state index in [1.807, 2.05) is 0 Å². The third kappa shape index (κ3) is 4.16. The minimum absolute atomic E-state index is 0.124. The second kappa shape index (κ2) is 5.90. The highest BCUT2D eigenvalue weighted by Gasteiger charge is 2.31. The molecule has 0 aliphatic rings. The van der Waals surface area contributed by atoms with E-state index in [2.05, 4.69) is 5.32 Å². The summed E-state index contributed by atoms with van der Waals surface area (Å²) in [6, 6.07) is 9.05. The molecule has 118 valence electrons. The van der Waals surface area contributed by atoms with Crippen LogP contribution in [0.2, 0.25) is 0 Å². The summed E-state index contributed by atoms with van der Waals surface area (Å²) >= 11 is 0. The summed E-state index contributed by atoms with van der Waals surface area (Å²) in [5.41, 5.74) is -0.777. The molecule has 0 heterocycles. The molecular weight excluding hydrogens is 308 g/mol. The number of hydrogen-bond acceptors (Lipinski definition) is 1. The molecule has 0 bridgehead atoms. The van der Waals surface area contributed by atoms with Gasteiger partial charge in [0, 0.05) is 12.2 Å². The SMILES string of the molecule is FC(F)(F)c1ccc(CNc2cccc(C(F)(F)F)c2)cc1. The molecule has 0 fully saturated rings. The second-order valence-corrected chi connectivity index (χ2v) is 4.63. The summed E-state index contributed by atoms with van der Waals surface area (Å²) in [7, 11) is 0. The van der Waals surface area contributed by atoms with Gasteiger partial charge in [-0.1, -0.05) is 18.2 Å². The molecule has 0 saturated carbocycles. The van der Waals surface area contributed by atoms with Crippen molar-refractivity contribution < 1.29 is 26.3 Å². The first-order valence-electron chi connectivity index (χ1n) is 6.23. The highest BCUT2D eigenvalue weighted by molar-refractivity contribution is 5.47. The molecule has 22 heavy (non-hydrogen) atoms. The number of hydrogen-bond donors (Lipinski definition) is 1. The van der Waals surface area contributed by atoms with Gasteiger partial charge in [0.2, 0.25) is 0 Å². The number of benzene rings is 2. The Bertz CT molecular complexity index is 628. The summed E-state index contributed by atoms with van der Waals surface area (Å²) in [4.78, 5) is 0. The third-order valence-corrected chi connectivity index (χ3v) is 2.97. The Labute approximate surface area is 122 Å². The van der Waals surface area contributed by atoms with Crippen molar-refractivity contribution in [1.29, 1.82) is 0 Å². The van der Waals surface area contributed by atoms with Crippen LogP contribution in [0.5, 0.6) is 0 Å². The van der Waals surface area contributed by atoms with Gasteiger partial charge >= 0.3 is 12.4 Å². The van der Waals surface area contributed by atoms with Crippen LogP contribution in [0.15, 0.2) is 48.5 Å². The Hall–Kier alpha value is -2.18. The standard InChI is InChI=1S/C15H11F6N/c16-14(17,18)11-6-4-10(5-7-11)9-22-13-3-1-2-12(8-13)15(19,20)21/h1-8,22H,9H2. The molecule has 0 aromatic heterocycles. The summed E-state index contributed by atoms with van der Waals surface area (Å²) in [5, 5.41) is 2.75. The molecule has 0 aliphatic heterocycles. The van der Waals surface area contributed by atoms with Gasteiger partial charge in [-0.15, -0.1) is 0 Å². The van der Waals surface area contributed by atoms with Gasteiger partial charge in [0.25, 0.3) is 0 Å². The minimum atomic E-state index is -4.44. The fourth-order valence-electron chi connectivity index (χ4n) is 1.82. The number of alkyl halides is 6. The second-order valence-electron chi connectivity index (χ2n) is 4.63. The van der Waals surface area contributed by atoms with E-state index in [-0.39, 0.29) is 12.2 Å². The summed E-state index contributed by atoms with van der Waals surface area (Å²) in [6.07, 6.45) is -8.85. The maximum Gasteiger partial charge on any atom is 0.416 e. The minimum Gasteiger partial charge on any atom is -0.381 e. The van der Waals surface area contributed by atoms with Crippen LogP contribution in [0.3, 0.4) is 0 Å². The maximum absolute atomic E-state index is 12.6. The molecule has 1 nitrogen and oxygen atoms in total. The van der Waals surface area contributed by atoms with Crippen LogP contribution in [0.1, 0.15) is 16.7 Å². The Kier molecular flexibility index (Phi) is 4.35. The Morgan fingerprint density at radius 3 is 1.86 bits per heavy atom. The fourth-order valence-corrected chi connectivity index (χ4v) is 1.82. The van der Waals surface area contributed by atoms with Crippen LogP contribution < -0.4 is 5.32 Å². The van der Waals surface area contributed by atoms with Crippen LogP contribution in [-0.2, 0) is 18.9 Å². The van der Waals surface area contributed by atoms with E-state index in [4.69, 9.17) is 0 Å². The molecule has 0 atom stereocenters. The number of halogens is 6. The van der Waals surface area contributed by atoms with Gasteiger partial charge in [-0.25, -0.2) is 0 Å². The topological polar surface area (TPSA) is 12.0 Å². The van der Waals surface area contributed by atoms with E-state index >= 15 is 0 Å². The van der Waals surface area contributed by atoms with Crippen LogP contribution >= 0.6 is 0 Å². The van der Waals surface area contributed by atoms with Crippen molar-refractivity contribution in [3.8, 4) is 0 Å². The Morgan fingerprint density at radius 1 is 0.727 bits per heavy atom. The van der Waals surface area contributed by atoms with Crippen LogP contribution in [0.4, 0.5) is 32.0 Å². The maximum atomic E-state index is 12.6. The predicted octanol–water partition coefficient (Wildman–Crippen LogP) is 5.34. The Balaban J connectivity index is 2.04. The van der Waals surface area contributed by atoms with Gasteiger partial charge in [-0.3, -0.25) is 0 Å². The van der Waals surface area contributed by atoms with Gasteiger partial charge in [-0.05, 0) is 35.9 Å². The summed E-state index contributed by atoms with van der Waals surface area (Å²) in [6.45, 7) is 0.124. The summed E-state index contributed by atoms with van der Waals surface area (Å²) in [5.74, 6) is 0. The first-order valence-corrected chi connectivity index (χ1v) is 6.23. The van der Waals surface area contributed by atoms with Gasteiger partial charge in [0.05, 0.1) is 11.1 Å². The molecule has 2 aromatic carbocycles. The van der Waals surface area contributed by atoms with Gasteiger partial charge in [-0.2, -0.15) is 26.3 Å². The van der Waals surface area contributed by atoms with Crippen LogP contribution in [0, 0.1) is 0 Å². The molecule has 2 rings (SSSR count). The lowest BCUT2D eigenvalue weighted by Gasteiger charge is -2.11. The van der Waals surface area contributed by atoms with E-state index < -0.39 is 23.5 Å². The van der Waals surface area contributed by atoms with Crippen molar-refractivity contribution in [2.45, 2.75) is 18.9 Å². The highest BCUT2D eigenvalue weighted by Crippen LogP contribution is 2.31. The lowest BCUT2D eigenvalue weighted by molar-refractivity contribution is -0.138. The molecule has 0 spiro atoms. The van der Waals surface area contributed by atoms with Gasteiger partial charge in [0.1, 0.15) is 0 Å². The lowest BCUT2D eigenvalue weighted by atomic mass is 10.1. The molecule has 0 amide bonds. The van der Waals surface area contributed by atoms with E-state index in [1.54, 1.807) is 0 Å². The monoisotopic (exact) mass is 319 g/mol. The van der Waals surface area contributed by atoms with Crippen LogP contribution in [0.25, 0.3) is 0 Å². The number of nitrogens with one attached hydrogen (secondary N) is 1. The normalized spacial score (nSPS) is 12.3. The smallest absolute Gasteiger partial charge is 0.381 e. The summed E-state index contributed by atoms with van der Waals surface area (Å²) < 4.78 is 74.9. The zero-order valence-electron chi connectivity index (χ0n) is 11.1. The first-order chi connectivity index (χ1) is 10.2. The molecule has 1 N–H and O–H groups in total. The molecular formula is C15H11F6N. The lowest BCUT2D eigenvalue weighted by Crippen LogP contribution is -2.07.